The number of carbonyl (C=O) groups is 2. The Morgan fingerprint density at radius 1 is 0.512 bits per heavy atom. The topological polar surface area (TPSA) is 83.8 Å². The van der Waals surface area contributed by atoms with Crippen molar-refractivity contribution in [3.05, 3.63) is 24.3 Å². The van der Waals surface area contributed by atoms with Crippen LogP contribution in [0.25, 0.3) is 0 Å². The summed E-state index contributed by atoms with van der Waals surface area (Å²) in [5, 5.41) is 17.5. The van der Waals surface area contributed by atoms with Crippen molar-refractivity contribution < 1.29 is 24.5 Å². The first-order valence-electron chi connectivity index (χ1n) is 17.4. The third-order valence-electron chi connectivity index (χ3n) is 7.80. The molecule has 2 N–H and O–H groups in total. The van der Waals surface area contributed by atoms with Crippen molar-refractivity contribution in [2.75, 3.05) is 0 Å². The average Bonchev–Trinajstić information content (AvgIpc) is 2.94. The number of aliphatic carboxylic acids is 2. The second-order valence-corrected chi connectivity index (χ2v) is 11.9. The number of hydrogen-bond acceptors (Lipinski definition) is 3. The van der Waals surface area contributed by atoms with Gasteiger partial charge in [0.1, 0.15) is 0 Å². The lowest BCUT2D eigenvalue weighted by molar-refractivity contribution is -0.138. The highest BCUT2D eigenvalue weighted by molar-refractivity contribution is 5.66. The van der Waals surface area contributed by atoms with Crippen molar-refractivity contribution in [2.24, 2.45) is 0 Å². The summed E-state index contributed by atoms with van der Waals surface area (Å²) < 4.78 is 6.80. The van der Waals surface area contributed by atoms with Crippen molar-refractivity contribution in [3.63, 3.8) is 0 Å². The molecule has 0 radical (unpaired) electrons. The van der Waals surface area contributed by atoms with Gasteiger partial charge in [0.05, 0.1) is 12.2 Å². The molecule has 0 saturated heterocycles. The van der Waals surface area contributed by atoms with Crippen LogP contribution in [0.1, 0.15) is 181 Å². The van der Waals surface area contributed by atoms with Gasteiger partial charge in [-0.3, -0.25) is 9.59 Å². The quantitative estimate of drug-likeness (QED) is 0.0612. The fourth-order valence-corrected chi connectivity index (χ4v) is 5.22. The van der Waals surface area contributed by atoms with Gasteiger partial charge in [0, 0.05) is 12.8 Å². The van der Waals surface area contributed by atoms with Crippen molar-refractivity contribution in [2.45, 2.75) is 193 Å². The van der Waals surface area contributed by atoms with Gasteiger partial charge >= 0.3 is 11.9 Å². The SMILES string of the molecule is CCCCCC[C@H](C/C=C\CCCCCCCC(=O)O)O[C@@H](C/C=C\CCCCCCCC(=O)O)CCCCCC. The maximum atomic E-state index is 10.6. The van der Waals surface area contributed by atoms with Crippen LogP contribution in [0.15, 0.2) is 24.3 Å². The standard InChI is InChI=1S/C36H66O5/c1-3-5-7-21-27-33(29-23-17-13-9-11-15-19-25-31-35(37)38)41-34(28-22-8-6-4-2)30-24-18-14-10-12-16-20-26-32-36(39)40/h17-18,23-24,33-34H,3-16,19-22,25-32H2,1-2H3,(H,37,38)(H,39,40)/b23-17-,24-18-/t33-,34-/m1/s1. The first-order valence-corrected chi connectivity index (χ1v) is 17.4. The van der Waals surface area contributed by atoms with Crippen LogP contribution >= 0.6 is 0 Å². The van der Waals surface area contributed by atoms with E-state index in [0.29, 0.717) is 25.0 Å². The van der Waals surface area contributed by atoms with E-state index in [4.69, 9.17) is 14.9 Å². The Morgan fingerprint density at radius 3 is 1.27 bits per heavy atom. The Hall–Kier alpha value is -1.62. The van der Waals surface area contributed by atoms with E-state index in [1.165, 1.54) is 77.0 Å². The lowest BCUT2D eigenvalue weighted by Gasteiger charge is -2.24. The Morgan fingerprint density at radius 2 is 0.878 bits per heavy atom. The summed E-state index contributed by atoms with van der Waals surface area (Å²) in [6, 6.07) is 0. The number of rotatable bonds is 32. The van der Waals surface area contributed by atoms with E-state index in [-0.39, 0.29) is 0 Å². The van der Waals surface area contributed by atoms with E-state index in [0.717, 1.165) is 77.0 Å². The van der Waals surface area contributed by atoms with E-state index in [1.807, 2.05) is 0 Å². The number of allylic oxidation sites excluding steroid dienone is 2. The van der Waals surface area contributed by atoms with Crippen LogP contribution in [0.3, 0.4) is 0 Å². The molecule has 0 aliphatic rings. The fraction of sp³-hybridized carbons (Fsp3) is 0.833. The summed E-state index contributed by atoms with van der Waals surface area (Å²) in [4.78, 5) is 21.2. The average molecular weight is 579 g/mol. The third-order valence-corrected chi connectivity index (χ3v) is 7.80. The summed E-state index contributed by atoms with van der Waals surface area (Å²) >= 11 is 0. The Bertz CT molecular complexity index is 588. The minimum Gasteiger partial charge on any atom is -0.481 e. The molecule has 0 aromatic heterocycles. The molecule has 0 fully saturated rings. The minimum absolute atomic E-state index is 0.298. The second kappa shape index (κ2) is 31.3. The third kappa shape index (κ3) is 31.2. The van der Waals surface area contributed by atoms with Gasteiger partial charge in [0.2, 0.25) is 0 Å². The Balaban J connectivity index is 4.59. The van der Waals surface area contributed by atoms with Gasteiger partial charge in [-0.2, -0.15) is 0 Å². The predicted molar refractivity (Wildman–Crippen MR) is 174 cm³/mol. The van der Waals surface area contributed by atoms with Crippen molar-refractivity contribution in [3.8, 4) is 0 Å². The zero-order valence-electron chi connectivity index (χ0n) is 27.0. The number of carboxylic acids is 2. The van der Waals surface area contributed by atoms with Crippen LogP contribution in [0.4, 0.5) is 0 Å². The molecule has 0 unspecified atom stereocenters. The zero-order valence-corrected chi connectivity index (χ0v) is 27.0. The van der Waals surface area contributed by atoms with E-state index in [1.54, 1.807) is 0 Å². The van der Waals surface area contributed by atoms with E-state index in [9.17, 15) is 9.59 Å². The molecular formula is C36H66O5. The highest BCUT2D eigenvalue weighted by atomic mass is 16.5. The van der Waals surface area contributed by atoms with E-state index >= 15 is 0 Å². The molecule has 0 aliphatic heterocycles. The van der Waals surface area contributed by atoms with E-state index < -0.39 is 11.9 Å². The first-order chi connectivity index (χ1) is 20.0. The van der Waals surface area contributed by atoms with Crippen LogP contribution in [0.2, 0.25) is 0 Å². The van der Waals surface area contributed by atoms with Crippen LogP contribution in [-0.2, 0) is 14.3 Å². The van der Waals surface area contributed by atoms with E-state index in [2.05, 4.69) is 38.2 Å². The molecule has 0 spiro atoms. The maximum absolute atomic E-state index is 10.6. The Kier molecular flexibility index (Phi) is 30.1. The predicted octanol–water partition coefficient (Wildman–Crippen LogP) is 11.2. The van der Waals surface area contributed by atoms with Gasteiger partial charge in [-0.1, -0.05) is 128 Å². The molecule has 5 nitrogen and oxygen atoms in total. The Labute approximate surface area is 253 Å². The molecule has 0 aromatic rings. The van der Waals surface area contributed by atoms with Gasteiger partial charge in [-0.15, -0.1) is 0 Å². The largest absolute Gasteiger partial charge is 0.481 e. The van der Waals surface area contributed by atoms with Crippen molar-refractivity contribution in [1.82, 2.24) is 0 Å². The highest BCUT2D eigenvalue weighted by Crippen LogP contribution is 2.20. The molecule has 240 valence electrons. The summed E-state index contributed by atoms with van der Waals surface area (Å²) in [6.45, 7) is 4.53. The molecule has 5 heteroatoms. The zero-order chi connectivity index (χ0) is 30.2. The van der Waals surface area contributed by atoms with Crippen LogP contribution in [-0.4, -0.2) is 34.4 Å². The monoisotopic (exact) mass is 578 g/mol. The molecule has 0 aliphatic carbocycles. The maximum Gasteiger partial charge on any atom is 0.303 e. The molecule has 0 amide bonds. The minimum atomic E-state index is -0.683. The smallest absolute Gasteiger partial charge is 0.303 e. The summed E-state index contributed by atoms with van der Waals surface area (Å²) in [5.41, 5.74) is 0. The van der Waals surface area contributed by atoms with Crippen molar-refractivity contribution in [1.29, 1.82) is 0 Å². The molecule has 0 saturated carbocycles. The van der Waals surface area contributed by atoms with Gasteiger partial charge in [0.15, 0.2) is 0 Å². The molecule has 0 bridgehead atoms. The first kappa shape index (κ1) is 39.4. The lowest BCUT2D eigenvalue weighted by Crippen LogP contribution is -2.22. The summed E-state index contributed by atoms with van der Waals surface area (Å²) in [6.07, 6.45) is 37.8. The summed E-state index contributed by atoms with van der Waals surface area (Å²) in [7, 11) is 0. The van der Waals surface area contributed by atoms with Gasteiger partial charge in [0.25, 0.3) is 0 Å². The highest BCUT2D eigenvalue weighted by Gasteiger charge is 2.15. The van der Waals surface area contributed by atoms with Crippen LogP contribution in [0.5, 0.6) is 0 Å². The normalized spacial score (nSPS) is 13.3. The lowest BCUT2D eigenvalue weighted by atomic mass is 10.0. The van der Waals surface area contributed by atoms with Crippen LogP contribution < -0.4 is 0 Å². The number of unbranched alkanes of at least 4 members (excludes halogenated alkanes) is 16. The fourth-order valence-electron chi connectivity index (χ4n) is 5.22. The molecule has 41 heavy (non-hydrogen) atoms. The number of ether oxygens (including phenoxy) is 1. The molecule has 2 atom stereocenters. The number of hydrogen-bond donors (Lipinski definition) is 2. The van der Waals surface area contributed by atoms with Crippen molar-refractivity contribution >= 4 is 11.9 Å². The molecular weight excluding hydrogens is 512 g/mol. The molecule has 0 rings (SSSR count). The van der Waals surface area contributed by atoms with Gasteiger partial charge < -0.3 is 14.9 Å². The van der Waals surface area contributed by atoms with Gasteiger partial charge in [-0.05, 0) is 64.2 Å². The van der Waals surface area contributed by atoms with Gasteiger partial charge in [-0.25, -0.2) is 0 Å². The second-order valence-electron chi connectivity index (χ2n) is 11.9. The number of carboxylic acid groups (broad SMARTS) is 2. The summed E-state index contributed by atoms with van der Waals surface area (Å²) in [5.74, 6) is -1.37. The molecule has 0 aromatic carbocycles. The molecule has 0 heterocycles. The van der Waals surface area contributed by atoms with Crippen LogP contribution in [0, 0.1) is 0 Å².